The quantitative estimate of drug-likeness (QED) is 0.893. The minimum Gasteiger partial charge on any atom is -0.456 e. The highest BCUT2D eigenvalue weighted by molar-refractivity contribution is 5.91. The zero-order valence-corrected chi connectivity index (χ0v) is 14.5. The van der Waals surface area contributed by atoms with Crippen molar-refractivity contribution in [1.82, 2.24) is 5.32 Å². The Bertz CT molecular complexity index is 745. The standard InChI is InChI=1S/C19H23FN2O3/c1-12-9-18(25-13(12)2)19(24)21-11-14-3-4-17(16(20)10-14)22-7-5-15(23)6-8-22/h3-4,9-10,15,23H,5-8,11H2,1-2H3,(H,21,24). The Morgan fingerprint density at radius 3 is 2.64 bits per heavy atom. The summed E-state index contributed by atoms with van der Waals surface area (Å²) in [4.78, 5) is 14.0. The Balaban J connectivity index is 1.62. The van der Waals surface area contributed by atoms with Crippen LogP contribution in [0.3, 0.4) is 0 Å². The zero-order valence-electron chi connectivity index (χ0n) is 14.5. The van der Waals surface area contributed by atoms with Crippen molar-refractivity contribution in [3.05, 3.63) is 52.7 Å². The first-order chi connectivity index (χ1) is 11.9. The van der Waals surface area contributed by atoms with Gasteiger partial charge in [0.1, 0.15) is 11.6 Å². The SMILES string of the molecule is Cc1cc(C(=O)NCc2ccc(N3CCC(O)CC3)c(F)c2)oc1C. The topological polar surface area (TPSA) is 65.7 Å². The van der Waals surface area contributed by atoms with Crippen LogP contribution in [0.25, 0.3) is 0 Å². The van der Waals surface area contributed by atoms with Crippen LogP contribution in [0.2, 0.25) is 0 Å². The van der Waals surface area contributed by atoms with E-state index in [1.165, 1.54) is 6.07 Å². The fourth-order valence-electron chi connectivity index (χ4n) is 2.98. The number of rotatable bonds is 4. The summed E-state index contributed by atoms with van der Waals surface area (Å²) in [7, 11) is 0. The van der Waals surface area contributed by atoms with E-state index in [9.17, 15) is 14.3 Å². The first kappa shape index (κ1) is 17.5. The second-order valence-corrected chi connectivity index (χ2v) is 6.54. The summed E-state index contributed by atoms with van der Waals surface area (Å²) in [5.41, 5.74) is 2.15. The Labute approximate surface area is 146 Å². The lowest BCUT2D eigenvalue weighted by atomic mass is 10.1. The van der Waals surface area contributed by atoms with Crippen molar-refractivity contribution >= 4 is 11.6 Å². The molecule has 25 heavy (non-hydrogen) atoms. The molecule has 5 nitrogen and oxygen atoms in total. The second-order valence-electron chi connectivity index (χ2n) is 6.54. The second kappa shape index (κ2) is 7.27. The molecule has 0 radical (unpaired) electrons. The molecule has 0 unspecified atom stereocenters. The van der Waals surface area contributed by atoms with Crippen molar-refractivity contribution in [2.45, 2.75) is 39.3 Å². The maximum Gasteiger partial charge on any atom is 0.287 e. The monoisotopic (exact) mass is 346 g/mol. The first-order valence-electron chi connectivity index (χ1n) is 8.50. The van der Waals surface area contributed by atoms with Crippen molar-refractivity contribution < 1.29 is 18.7 Å². The number of hydrogen-bond donors (Lipinski definition) is 2. The Morgan fingerprint density at radius 1 is 1.32 bits per heavy atom. The van der Waals surface area contributed by atoms with Crippen molar-refractivity contribution in [3.63, 3.8) is 0 Å². The highest BCUT2D eigenvalue weighted by Crippen LogP contribution is 2.24. The van der Waals surface area contributed by atoms with Gasteiger partial charge in [0.25, 0.3) is 5.91 Å². The van der Waals surface area contributed by atoms with Crippen LogP contribution < -0.4 is 10.2 Å². The molecule has 0 spiro atoms. The van der Waals surface area contributed by atoms with Gasteiger partial charge in [0, 0.05) is 19.6 Å². The summed E-state index contributed by atoms with van der Waals surface area (Å²) in [5, 5.41) is 12.3. The molecule has 0 saturated carbocycles. The van der Waals surface area contributed by atoms with E-state index in [0.29, 0.717) is 42.9 Å². The molecule has 2 aromatic rings. The van der Waals surface area contributed by atoms with Crippen LogP contribution in [-0.4, -0.2) is 30.2 Å². The van der Waals surface area contributed by atoms with Crippen molar-refractivity contribution in [2.75, 3.05) is 18.0 Å². The van der Waals surface area contributed by atoms with Gasteiger partial charge in [-0.05, 0) is 56.0 Å². The number of aryl methyl sites for hydroxylation is 2. The van der Waals surface area contributed by atoms with Gasteiger partial charge in [0.2, 0.25) is 0 Å². The summed E-state index contributed by atoms with van der Waals surface area (Å²) >= 11 is 0. The molecular weight excluding hydrogens is 323 g/mol. The Hall–Kier alpha value is -2.34. The Morgan fingerprint density at radius 2 is 2.04 bits per heavy atom. The number of hydrogen-bond acceptors (Lipinski definition) is 4. The Kier molecular flexibility index (Phi) is 5.08. The predicted molar refractivity (Wildman–Crippen MR) is 93.2 cm³/mol. The highest BCUT2D eigenvalue weighted by atomic mass is 19.1. The predicted octanol–water partition coefficient (Wildman–Crippen LogP) is 2.93. The van der Waals surface area contributed by atoms with Crippen LogP contribution in [0.4, 0.5) is 10.1 Å². The number of aliphatic hydroxyl groups is 1. The molecule has 0 aliphatic carbocycles. The molecule has 1 aromatic carbocycles. The van der Waals surface area contributed by atoms with Gasteiger partial charge in [-0.25, -0.2) is 4.39 Å². The maximum atomic E-state index is 14.4. The lowest BCUT2D eigenvalue weighted by Gasteiger charge is -2.31. The molecule has 2 N–H and O–H groups in total. The van der Waals surface area contributed by atoms with Gasteiger partial charge in [-0.2, -0.15) is 0 Å². The maximum absolute atomic E-state index is 14.4. The molecule has 2 heterocycles. The van der Waals surface area contributed by atoms with Gasteiger partial charge >= 0.3 is 0 Å². The number of anilines is 1. The van der Waals surface area contributed by atoms with Gasteiger partial charge in [-0.3, -0.25) is 4.79 Å². The molecular formula is C19H23FN2O3. The van der Waals surface area contributed by atoms with E-state index in [4.69, 9.17) is 4.42 Å². The molecule has 1 aromatic heterocycles. The summed E-state index contributed by atoms with van der Waals surface area (Å²) < 4.78 is 19.8. The van der Waals surface area contributed by atoms with Crippen molar-refractivity contribution in [3.8, 4) is 0 Å². The number of amides is 1. The molecule has 1 saturated heterocycles. The van der Waals surface area contributed by atoms with Gasteiger partial charge in [0.15, 0.2) is 5.76 Å². The van der Waals surface area contributed by atoms with Crippen LogP contribution >= 0.6 is 0 Å². The summed E-state index contributed by atoms with van der Waals surface area (Å²) in [6, 6.07) is 6.68. The third kappa shape index (κ3) is 4.02. The van der Waals surface area contributed by atoms with Gasteiger partial charge in [-0.1, -0.05) is 6.07 Å². The van der Waals surface area contributed by atoms with E-state index >= 15 is 0 Å². The molecule has 3 rings (SSSR count). The number of aliphatic hydroxyl groups excluding tert-OH is 1. The van der Waals surface area contributed by atoms with E-state index in [1.807, 2.05) is 17.9 Å². The molecule has 134 valence electrons. The zero-order chi connectivity index (χ0) is 18.0. The number of nitrogens with one attached hydrogen (secondary N) is 1. The molecule has 6 heteroatoms. The third-order valence-corrected chi connectivity index (χ3v) is 4.66. The van der Waals surface area contributed by atoms with E-state index in [2.05, 4.69) is 5.32 Å². The van der Waals surface area contributed by atoms with Crippen LogP contribution in [0.5, 0.6) is 0 Å². The van der Waals surface area contributed by atoms with E-state index < -0.39 is 0 Å². The molecule has 0 bridgehead atoms. The lowest BCUT2D eigenvalue weighted by Crippen LogP contribution is -2.36. The number of furan rings is 1. The molecule has 1 aliphatic heterocycles. The number of benzene rings is 1. The number of nitrogens with zero attached hydrogens (tertiary/aromatic N) is 1. The minimum absolute atomic E-state index is 0.230. The van der Waals surface area contributed by atoms with Crippen LogP contribution in [-0.2, 0) is 6.54 Å². The first-order valence-corrected chi connectivity index (χ1v) is 8.50. The van der Waals surface area contributed by atoms with Gasteiger partial charge in [-0.15, -0.1) is 0 Å². The molecule has 0 atom stereocenters. The van der Waals surface area contributed by atoms with Gasteiger partial charge in [0.05, 0.1) is 11.8 Å². The molecule has 1 fully saturated rings. The number of halogens is 1. The fraction of sp³-hybridized carbons (Fsp3) is 0.421. The number of carbonyl (C=O) groups is 1. The van der Waals surface area contributed by atoms with Crippen molar-refractivity contribution in [2.24, 2.45) is 0 Å². The normalized spacial score (nSPS) is 15.4. The van der Waals surface area contributed by atoms with E-state index in [1.54, 1.807) is 19.1 Å². The lowest BCUT2D eigenvalue weighted by molar-refractivity contribution is 0.0922. The molecule has 1 aliphatic rings. The summed E-state index contributed by atoms with van der Waals surface area (Å²) in [6.45, 7) is 5.20. The van der Waals surface area contributed by atoms with E-state index in [-0.39, 0.29) is 30.1 Å². The average molecular weight is 346 g/mol. The van der Waals surface area contributed by atoms with Crippen molar-refractivity contribution in [1.29, 1.82) is 0 Å². The number of piperidine rings is 1. The summed E-state index contributed by atoms with van der Waals surface area (Å²) in [6.07, 6.45) is 1.01. The fourth-order valence-corrected chi connectivity index (χ4v) is 2.98. The van der Waals surface area contributed by atoms with E-state index in [0.717, 1.165) is 5.56 Å². The summed E-state index contributed by atoms with van der Waals surface area (Å²) in [5.74, 6) is 0.352. The largest absolute Gasteiger partial charge is 0.456 e. The average Bonchev–Trinajstić information content (AvgIpc) is 2.93. The highest BCUT2D eigenvalue weighted by Gasteiger charge is 2.20. The molecule has 1 amide bonds. The third-order valence-electron chi connectivity index (χ3n) is 4.66. The minimum atomic E-state index is -0.314. The van der Waals surface area contributed by atoms with Crippen LogP contribution in [0, 0.1) is 19.7 Å². The van der Waals surface area contributed by atoms with Crippen LogP contribution in [0.1, 0.15) is 40.3 Å². The van der Waals surface area contributed by atoms with Crippen LogP contribution in [0.15, 0.2) is 28.7 Å². The number of carbonyl (C=O) groups excluding carboxylic acids is 1. The van der Waals surface area contributed by atoms with Gasteiger partial charge < -0.3 is 19.7 Å². The smallest absolute Gasteiger partial charge is 0.287 e.